The van der Waals surface area contributed by atoms with Crippen LogP contribution in [-0.2, 0) is 0 Å². The average Bonchev–Trinajstić information content (AvgIpc) is 2.24. The zero-order valence-corrected chi connectivity index (χ0v) is 13.3. The Morgan fingerprint density at radius 3 is 2.33 bits per heavy atom. The highest BCUT2D eigenvalue weighted by Gasteiger charge is 2.12. The molecule has 2 N–H and O–H groups in total. The smallest absolute Gasteiger partial charge is 0.123 e. The van der Waals surface area contributed by atoms with Gasteiger partial charge in [-0.3, -0.25) is 0 Å². The minimum atomic E-state index is 0.388. The van der Waals surface area contributed by atoms with E-state index in [0.29, 0.717) is 11.1 Å². The molecule has 0 fully saturated rings. The van der Waals surface area contributed by atoms with Crippen LogP contribution in [0.5, 0.6) is 0 Å². The second-order valence-electron chi connectivity index (χ2n) is 5.44. The van der Waals surface area contributed by atoms with Crippen molar-refractivity contribution in [3.05, 3.63) is 11.6 Å². The van der Waals surface area contributed by atoms with Crippen LogP contribution in [0.2, 0.25) is 0 Å². The Labute approximate surface area is 118 Å². The third-order valence-corrected chi connectivity index (χ3v) is 2.96. The number of hydrazone groups is 1. The van der Waals surface area contributed by atoms with E-state index in [4.69, 9.17) is 0 Å². The molecule has 2 unspecified atom stereocenters. The SMILES string of the molecule is C=C(S)N/C(C)=N\NC(C)CC(CC)CC(C)C. The molecule has 0 amide bonds. The third kappa shape index (κ3) is 9.40. The van der Waals surface area contributed by atoms with Gasteiger partial charge in [-0.15, -0.1) is 12.6 Å². The van der Waals surface area contributed by atoms with Gasteiger partial charge >= 0.3 is 0 Å². The number of amidine groups is 1. The molecule has 106 valence electrons. The quantitative estimate of drug-likeness (QED) is 0.272. The van der Waals surface area contributed by atoms with Gasteiger partial charge in [-0.1, -0.05) is 33.8 Å². The summed E-state index contributed by atoms with van der Waals surface area (Å²) in [5, 5.41) is 7.84. The Morgan fingerprint density at radius 1 is 1.28 bits per heavy atom. The molecule has 3 nitrogen and oxygen atoms in total. The van der Waals surface area contributed by atoms with Gasteiger partial charge in [0, 0.05) is 6.04 Å². The fourth-order valence-electron chi connectivity index (χ4n) is 2.09. The molecular weight excluding hydrogens is 242 g/mol. The van der Waals surface area contributed by atoms with Crippen LogP contribution in [0.1, 0.15) is 53.9 Å². The van der Waals surface area contributed by atoms with Gasteiger partial charge in [0.25, 0.3) is 0 Å². The van der Waals surface area contributed by atoms with Crippen molar-refractivity contribution in [2.45, 2.75) is 59.9 Å². The van der Waals surface area contributed by atoms with Gasteiger partial charge in [0.1, 0.15) is 5.84 Å². The summed E-state index contributed by atoms with van der Waals surface area (Å²) in [5.41, 5.74) is 3.18. The summed E-state index contributed by atoms with van der Waals surface area (Å²) in [5.74, 6) is 2.33. The molecular formula is C14H29N3S. The molecule has 0 aromatic carbocycles. The molecule has 2 atom stereocenters. The van der Waals surface area contributed by atoms with Crippen LogP contribution < -0.4 is 10.7 Å². The van der Waals surface area contributed by atoms with Gasteiger partial charge < -0.3 is 10.7 Å². The predicted octanol–water partition coefficient (Wildman–Crippen LogP) is 3.75. The molecule has 0 spiro atoms. The van der Waals surface area contributed by atoms with E-state index in [0.717, 1.165) is 24.1 Å². The van der Waals surface area contributed by atoms with E-state index in [-0.39, 0.29) is 0 Å². The third-order valence-electron chi connectivity index (χ3n) is 2.85. The monoisotopic (exact) mass is 271 g/mol. The van der Waals surface area contributed by atoms with Crippen LogP contribution in [0, 0.1) is 11.8 Å². The second-order valence-corrected chi connectivity index (χ2v) is 5.98. The topological polar surface area (TPSA) is 36.4 Å². The summed E-state index contributed by atoms with van der Waals surface area (Å²) in [6, 6.07) is 0.388. The molecule has 0 radical (unpaired) electrons. The van der Waals surface area contributed by atoms with Gasteiger partial charge in [-0.05, 0) is 38.5 Å². The van der Waals surface area contributed by atoms with Crippen LogP contribution in [0.4, 0.5) is 0 Å². The van der Waals surface area contributed by atoms with Crippen molar-refractivity contribution in [1.82, 2.24) is 10.7 Å². The fraction of sp³-hybridized carbons (Fsp3) is 0.786. The first-order valence-corrected chi connectivity index (χ1v) is 7.24. The molecule has 0 rings (SSSR count). The second kappa shape index (κ2) is 9.31. The van der Waals surface area contributed by atoms with Crippen molar-refractivity contribution in [3.8, 4) is 0 Å². The molecule has 0 heterocycles. The Hall–Kier alpha value is -0.640. The minimum Gasteiger partial charge on any atom is -0.338 e. The van der Waals surface area contributed by atoms with Gasteiger partial charge in [0.05, 0.1) is 5.03 Å². The van der Waals surface area contributed by atoms with Crippen molar-refractivity contribution < 1.29 is 0 Å². The molecule has 18 heavy (non-hydrogen) atoms. The van der Waals surface area contributed by atoms with E-state index < -0.39 is 0 Å². The lowest BCUT2D eigenvalue weighted by molar-refractivity contribution is 0.335. The first-order valence-electron chi connectivity index (χ1n) is 6.79. The van der Waals surface area contributed by atoms with E-state index >= 15 is 0 Å². The molecule has 0 saturated heterocycles. The highest BCUT2D eigenvalue weighted by Crippen LogP contribution is 2.20. The molecule has 4 heteroatoms. The number of rotatable bonds is 8. The number of nitrogens with zero attached hydrogens (tertiary/aromatic N) is 1. The van der Waals surface area contributed by atoms with Crippen molar-refractivity contribution >= 4 is 18.5 Å². The van der Waals surface area contributed by atoms with Gasteiger partial charge in [0.2, 0.25) is 0 Å². The maximum absolute atomic E-state index is 4.28. The molecule has 0 aliphatic carbocycles. The molecule has 0 aliphatic heterocycles. The summed E-state index contributed by atoms with van der Waals surface area (Å²) in [6.45, 7) is 14.6. The van der Waals surface area contributed by atoms with E-state index in [9.17, 15) is 0 Å². The fourth-order valence-corrected chi connectivity index (χ4v) is 2.25. The zero-order valence-electron chi connectivity index (χ0n) is 12.5. The Balaban J connectivity index is 4.08. The highest BCUT2D eigenvalue weighted by atomic mass is 32.1. The minimum absolute atomic E-state index is 0.388. The first kappa shape index (κ1) is 17.4. The average molecular weight is 271 g/mol. The van der Waals surface area contributed by atoms with Crippen molar-refractivity contribution in [3.63, 3.8) is 0 Å². The van der Waals surface area contributed by atoms with Gasteiger partial charge in [-0.2, -0.15) is 5.10 Å². The van der Waals surface area contributed by atoms with E-state index in [1.54, 1.807) is 0 Å². The normalized spacial score (nSPS) is 15.4. The Kier molecular flexibility index (Phi) is 8.98. The maximum atomic E-state index is 4.28. The number of hydrogen-bond donors (Lipinski definition) is 3. The van der Waals surface area contributed by atoms with Crippen LogP contribution >= 0.6 is 12.6 Å². The summed E-state index contributed by atoms with van der Waals surface area (Å²) in [7, 11) is 0. The molecule has 0 aromatic heterocycles. The van der Waals surface area contributed by atoms with Gasteiger partial charge in [0.15, 0.2) is 0 Å². The van der Waals surface area contributed by atoms with Crippen molar-refractivity contribution in [2.24, 2.45) is 16.9 Å². The predicted molar refractivity (Wildman–Crippen MR) is 84.8 cm³/mol. The summed E-state index contributed by atoms with van der Waals surface area (Å²) in [6.07, 6.45) is 3.68. The molecule has 0 bridgehead atoms. The number of thiol groups is 1. The van der Waals surface area contributed by atoms with Crippen LogP contribution in [0.25, 0.3) is 0 Å². The van der Waals surface area contributed by atoms with Crippen molar-refractivity contribution in [1.29, 1.82) is 0 Å². The lowest BCUT2D eigenvalue weighted by Crippen LogP contribution is -2.28. The van der Waals surface area contributed by atoms with E-state index in [1.807, 2.05) is 6.92 Å². The van der Waals surface area contributed by atoms with E-state index in [1.165, 1.54) is 12.8 Å². The summed E-state index contributed by atoms with van der Waals surface area (Å²) < 4.78 is 0. The Morgan fingerprint density at radius 2 is 1.89 bits per heavy atom. The lowest BCUT2D eigenvalue weighted by atomic mass is 9.90. The first-order chi connectivity index (χ1) is 8.35. The molecule has 0 aromatic rings. The van der Waals surface area contributed by atoms with Crippen LogP contribution in [-0.4, -0.2) is 11.9 Å². The molecule has 0 aliphatic rings. The summed E-state index contributed by atoms with van der Waals surface area (Å²) in [4.78, 5) is 0. The standard InChI is InChI=1S/C14H29N3S/c1-7-14(8-10(2)3)9-11(4)16-17-12(5)15-13(6)18/h10-11,14,16,18H,6-9H2,1-5H3,(H,15,17). The van der Waals surface area contributed by atoms with E-state index in [2.05, 4.69) is 62.7 Å². The lowest BCUT2D eigenvalue weighted by Gasteiger charge is -2.21. The van der Waals surface area contributed by atoms with Crippen molar-refractivity contribution in [2.75, 3.05) is 0 Å². The van der Waals surface area contributed by atoms with Gasteiger partial charge in [-0.25, -0.2) is 0 Å². The number of nitrogens with one attached hydrogen (secondary N) is 2. The largest absolute Gasteiger partial charge is 0.338 e. The Bertz CT molecular complexity index is 274. The van der Waals surface area contributed by atoms with Crippen LogP contribution in [0.3, 0.4) is 0 Å². The highest BCUT2D eigenvalue weighted by molar-refractivity contribution is 7.84. The summed E-state index contributed by atoms with van der Waals surface area (Å²) >= 11 is 4.08. The number of hydrogen-bond acceptors (Lipinski definition) is 3. The molecule has 0 saturated carbocycles. The maximum Gasteiger partial charge on any atom is 0.123 e. The zero-order chi connectivity index (χ0) is 14.1. The van der Waals surface area contributed by atoms with Crippen LogP contribution in [0.15, 0.2) is 16.7 Å².